The predicted molar refractivity (Wildman–Crippen MR) is 100 cm³/mol. The molecular weight excluding hydrogens is 349 g/mol. The Labute approximate surface area is 163 Å². The molecule has 122 valence electrons. The summed E-state index contributed by atoms with van der Waals surface area (Å²) in [5.74, 6) is 0. The Balaban J connectivity index is -0.000000401. The first-order valence-electron chi connectivity index (χ1n) is 7.04. The van der Waals surface area contributed by atoms with Crippen LogP contribution >= 0.6 is 24.8 Å². The van der Waals surface area contributed by atoms with Gasteiger partial charge >= 0.3 is 21.7 Å². The Bertz CT molecular complexity index is 480. The zero-order valence-electron chi connectivity index (χ0n) is 13.7. The van der Waals surface area contributed by atoms with Gasteiger partial charge in [-0.05, 0) is 20.3 Å². The van der Waals surface area contributed by atoms with Crippen LogP contribution in [-0.4, -0.2) is 6.54 Å². The molecule has 22 heavy (non-hydrogen) atoms. The maximum absolute atomic E-state index is 6.60. The summed E-state index contributed by atoms with van der Waals surface area (Å²) in [6.45, 7) is 11.1. The van der Waals surface area contributed by atoms with Crippen molar-refractivity contribution < 1.29 is 21.7 Å². The number of rotatable bonds is 3. The largest absolute Gasteiger partial charge is 2.00 e. The van der Waals surface area contributed by atoms with E-state index in [0.29, 0.717) is 6.54 Å². The molecule has 0 spiro atoms. The van der Waals surface area contributed by atoms with E-state index in [1.54, 1.807) is 0 Å². The molecule has 0 aliphatic heterocycles. The molecule has 0 aromatic heterocycles. The Morgan fingerprint density at radius 1 is 1.14 bits per heavy atom. The van der Waals surface area contributed by atoms with Crippen molar-refractivity contribution in [2.24, 2.45) is 0 Å². The van der Waals surface area contributed by atoms with E-state index in [1.807, 2.05) is 6.07 Å². The molecule has 2 rings (SSSR count). The Hall–Kier alpha value is -0.176. The van der Waals surface area contributed by atoms with Crippen LogP contribution in [0.4, 0.5) is 0 Å². The quantitative estimate of drug-likeness (QED) is 0.416. The number of hydrogen-bond acceptors (Lipinski definition) is 0. The summed E-state index contributed by atoms with van der Waals surface area (Å²) in [5.41, 5.74) is 13.3. The van der Waals surface area contributed by atoms with Gasteiger partial charge in [0.05, 0.1) is 0 Å². The van der Waals surface area contributed by atoms with Crippen molar-refractivity contribution in [3.63, 3.8) is 0 Å². The minimum absolute atomic E-state index is 0. The third-order valence-electron chi connectivity index (χ3n) is 3.53. The number of halogens is 2. The van der Waals surface area contributed by atoms with Crippen molar-refractivity contribution in [2.45, 2.75) is 40.0 Å². The molecular formula is C18H27Cl2NTi. The van der Waals surface area contributed by atoms with Crippen LogP contribution in [0.5, 0.6) is 0 Å². The second kappa shape index (κ2) is 14.4. The molecule has 0 bridgehead atoms. The third-order valence-corrected chi connectivity index (χ3v) is 3.53. The molecule has 1 aliphatic carbocycles. The molecule has 0 heterocycles. The van der Waals surface area contributed by atoms with Gasteiger partial charge in [-0.3, -0.25) is 0 Å². The van der Waals surface area contributed by atoms with Gasteiger partial charge in [0.15, 0.2) is 0 Å². The summed E-state index contributed by atoms with van der Waals surface area (Å²) in [6.07, 6.45) is 5.56. The molecule has 1 aromatic rings. The fourth-order valence-corrected chi connectivity index (χ4v) is 2.10. The molecule has 0 amide bonds. The molecule has 4 heteroatoms. The van der Waals surface area contributed by atoms with Crippen molar-refractivity contribution in [1.82, 2.24) is 0 Å². The zero-order chi connectivity index (χ0) is 14.3. The van der Waals surface area contributed by atoms with Gasteiger partial charge in [-0.2, -0.15) is 25.1 Å². The van der Waals surface area contributed by atoms with Crippen LogP contribution in [0.25, 0.3) is 11.3 Å². The SMILES string of the molecule is CCCC[NH-].Cl.Cl.[CH2-]c1ccccc1C1=C(C)C(C)=CC1.[Ti+2]. The first-order valence-corrected chi connectivity index (χ1v) is 7.04. The van der Waals surface area contributed by atoms with Gasteiger partial charge in [0, 0.05) is 0 Å². The number of benzene rings is 1. The Kier molecular flexibility index (Phi) is 17.5. The van der Waals surface area contributed by atoms with Gasteiger partial charge in [-0.15, -0.1) is 42.5 Å². The third kappa shape index (κ3) is 7.90. The van der Waals surface area contributed by atoms with Crippen molar-refractivity contribution in [1.29, 1.82) is 0 Å². The van der Waals surface area contributed by atoms with E-state index in [9.17, 15) is 0 Å². The Morgan fingerprint density at radius 3 is 2.09 bits per heavy atom. The predicted octanol–water partition coefficient (Wildman–Crippen LogP) is 6.67. The maximum atomic E-state index is 6.60. The van der Waals surface area contributed by atoms with Gasteiger partial charge in [0.25, 0.3) is 0 Å². The van der Waals surface area contributed by atoms with E-state index in [-0.39, 0.29) is 46.5 Å². The van der Waals surface area contributed by atoms with Gasteiger partial charge in [0.2, 0.25) is 0 Å². The zero-order valence-corrected chi connectivity index (χ0v) is 16.9. The topological polar surface area (TPSA) is 23.8 Å². The smallest absolute Gasteiger partial charge is 0.677 e. The Morgan fingerprint density at radius 2 is 1.73 bits per heavy atom. The van der Waals surface area contributed by atoms with E-state index in [2.05, 4.69) is 52.0 Å². The second-order valence-electron chi connectivity index (χ2n) is 4.96. The van der Waals surface area contributed by atoms with Crippen molar-refractivity contribution >= 4 is 30.4 Å². The summed E-state index contributed by atoms with van der Waals surface area (Å²) >= 11 is 0. The van der Waals surface area contributed by atoms with Crippen LogP contribution in [0.3, 0.4) is 0 Å². The first kappa shape index (κ1) is 26.7. The van der Waals surface area contributed by atoms with E-state index in [0.717, 1.165) is 24.8 Å². The van der Waals surface area contributed by atoms with Crippen LogP contribution in [0.1, 0.15) is 51.2 Å². The fourth-order valence-electron chi connectivity index (χ4n) is 2.10. The van der Waals surface area contributed by atoms with Crippen LogP contribution in [0.2, 0.25) is 0 Å². The minimum Gasteiger partial charge on any atom is -0.677 e. The van der Waals surface area contributed by atoms with Crippen LogP contribution in [0, 0.1) is 6.92 Å². The van der Waals surface area contributed by atoms with E-state index in [1.165, 1.54) is 22.3 Å². The van der Waals surface area contributed by atoms with Crippen LogP contribution in [0.15, 0.2) is 41.5 Å². The summed E-state index contributed by atoms with van der Waals surface area (Å²) in [7, 11) is 0. The summed E-state index contributed by atoms with van der Waals surface area (Å²) in [6, 6.07) is 8.35. The standard InChI is InChI=1S/C14H15.C4H10N.2ClH.Ti/c1-10-8-9-14(12(10)3)13-7-5-4-6-11(13)2;1-2-3-4-5;;;/h4-8H,2,9H2,1,3H3;5H,2-4H2,1H3;2*1H;/q2*-1;;;+2. The fraction of sp³-hybridized carbons (Fsp3) is 0.389. The molecule has 0 saturated carbocycles. The summed E-state index contributed by atoms with van der Waals surface area (Å²) in [4.78, 5) is 0. The summed E-state index contributed by atoms with van der Waals surface area (Å²) in [5, 5.41) is 0. The number of allylic oxidation sites excluding steroid dienone is 4. The van der Waals surface area contributed by atoms with E-state index < -0.39 is 0 Å². The van der Waals surface area contributed by atoms with Crippen LogP contribution in [-0.2, 0) is 21.7 Å². The molecule has 1 aliphatic rings. The van der Waals surface area contributed by atoms with E-state index >= 15 is 0 Å². The van der Waals surface area contributed by atoms with Gasteiger partial charge in [-0.25, -0.2) is 0 Å². The first-order chi connectivity index (χ1) is 9.11. The normalized spacial score (nSPS) is 12.1. The average Bonchev–Trinajstić information content (AvgIpc) is 2.73. The maximum Gasteiger partial charge on any atom is 2.00 e. The minimum atomic E-state index is 0. The molecule has 1 aromatic carbocycles. The molecule has 0 atom stereocenters. The molecule has 0 saturated heterocycles. The number of unbranched alkanes of at least 4 members (excludes halogenated alkanes) is 1. The molecule has 0 fully saturated rings. The summed E-state index contributed by atoms with van der Waals surface area (Å²) < 4.78 is 0. The monoisotopic (exact) mass is 375 g/mol. The number of hydrogen-bond donors (Lipinski definition) is 0. The second-order valence-corrected chi connectivity index (χ2v) is 4.96. The number of nitrogens with one attached hydrogen (secondary N) is 1. The molecule has 0 unspecified atom stereocenters. The van der Waals surface area contributed by atoms with Crippen molar-refractivity contribution in [3.8, 4) is 0 Å². The van der Waals surface area contributed by atoms with Crippen LogP contribution < -0.4 is 0 Å². The van der Waals surface area contributed by atoms with Gasteiger partial charge in [0.1, 0.15) is 0 Å². The van der Waals surface area contributed by atoms with Crippen molar-refractivity contribution in [3.05, 3.63) is 65.3 Å². The van der Waals surface area contributed by atoms with E-state index in [4.69, 9.17) is 5.73 Å². The molecule has 1 nitrogen and oxygen atoms in total. The van der Waals surface area contributed by atoms with Crippen molar-refractivity contribution in [2.75, 3.05) is 6.54 Å². The molecule has 1 N–H and O–H groups in total. The van der Waals surface area contributed by atoms with Gasteiger partial charge in [-0.1, -0.05) is 48.6 Å². The average molecular weight is 376 g/mol. The molecule has 0 radical (unpaired) electrons. The van der Waals surface area contributed by atoms with Gasteiger partial charge < -0.3 is 5.73 Å².